The molecular weight excluding hydrogens is 396 g/mol. The first kappa shape index (κ1) is 23.0. The fourth-order valence-electron chi connectivity index (χ4n) is 5.19. The van der Waals surface area contributed by atoms with Crippen molar-refractivity contribution in [1.82, 2.24) is 9.80 Å². The first-order chi connectivity index (χ1) is 15.6. The predicted octanol–water partition coefficient (Wildman–Crippen LogP) is 4.94. The molecule has 0 amide bonds. The molecule has 0 radical (unpaired) electrons. The molecule has 4 nitrogen and oxygen atoms in total. The zero-order valence-corrected chi connectivity index (χ0v) is 19.7. The number of carbonyl (C=O) groups is 1. The summed E-state index contributed by atoms with van der Waals surface area (Å²) >= 11 is 0. The number of hydrogen-bond donors (Lipinski definition) is 0. The van der Waals surface area contributed by atoms with Crippen LogP contribution in [0.2, 0.25) is 0 Å². The van der Waals surface area contributed by atoms with E-state index in [0.29, 0.717) is 5.92 Å². The molecule has 2 heterocycles. The van der Waals surface area contributed by atoms with Crippen LogP contribution in [0.15, 0.2) is 59.7 Å². The molecule has 0 aromatic heterocycles. The molecule has 32 heavy (non-hydrogen) atoms. The maximum atomic E-state index is 12.8. The van der Waals surface area contributed by atoms with Gasteiger partial charge in [0, 0.05) is 45.2 Å². The summed E-state index contributed by atoms with van der Waals surface area (Å²) in [6, 6.07) is 10.5. The van der Waals surface area contributed by atoms with Crippen molar-refractivity contribution < 1.29 is 9.53 Å². The fourth-order valence-corrected chi connectivity index (χ4v) is 5.19. The first-order valence-electron chi connectivity index (χ1n) is 12.3. The molecule has 4 heteroatoms. The Morgan fingerprint density at radius 3 is 2.53 bits per heavy atom. The van der Waals surface area contributed by atoms with Crippen molar-refractivity contribution in [2.75, 3.05) is 39.3 Å². The summed E-state index contributed by atoms with van der Waals surface area (Å²) < 4.78 is 5.89. The van der Waals surface area contributed by atoms with Gasteiger partial charge < -0.3 is 4.74 Å². The van der Waals surface area contributed by atoms with Gasteiger partial charge in [-0.3, -0.25) is 14.6 Å². The molecule has 1 aliphatic carbocycles. The number of carbonyl (C=O) groups excluding carboxylic acids is 1. The Hall–Kier alpha value is -2.17. The molecule has 3 aliphatic rings. The summed E-state index contributed by atoms with van der Waals surface area (Å²) in [7, 11) is 0. The number of fused-ring (bicyclic) bond motifs is 1. The normalized spacial score (nSPS) is 31.4. The highest BCUT2D eigenvalue weighted by molar-refractivity contribution is 5.76. The molecule has 2 saturated heterocycles. The lowest BCUT2D eigenvalue weighted by Gasteiger charge is -2.35. The van der Waals surface area contributed by atoms with E-state index in [1.807, 2.05) is 6.07 Å². The molecule has 4 rings (SSSR count). The molecule has 3 atom stereocenters. The van der Waals surface area contributed by atoms with Crippen LogP contribution in [0.3, 0.4) is 0 Å². The Morgan fingerprint density at radius 1 is 1.00 bits per heavy atom. The van der Waals surface area contributed by atoms with Gasteiger partial charge in [-0.05, 0) is 51.2 Å². The van der Waals surface area contributed by atoms with Crippen molar-refractivity contribution in [2.45, 2.75) is 45.6 Å². The van der Waals surface area contributed by atoms with Crippen LogP contribution in [0, 0.1) is 11.8 Å². The van der Waals surface area contributed by atoms with Crippen LogP contribution in [0.1, 0.15) is 45.1 Å². The smallest absolute Gasteiger partial charge is 0.311 e. The molecule has 2 aliphatic heterocycles. The standard InChI is InChI=1S/C28H38N2O2/c1-22-8-6-9-23(2)20-27-25(14-13-22)26(28(31)32-27)21-30-18-16-29(17-19-30)15-7-12-24-10-4-3-5-11-24/h3-5,7-8,10-12,20,25-27H,6,9,13-19,21H2,1-2H3/b12-7+,22-8+,23-20+/t25-,26-,27+/m0/s1. The quantitative estimate of drug-likeness (QED) is 0.485. The number of benzene rings is 1. The minimum absolute atomic E-state index is 0.000744. The summed E-state index contributed by atoms with van der Waals surface area (Å²) in [5.41, 5.74) is 4.05. The van der Waals surface area contributed by atoms with Crippen LogP contribution >= 0.6 is 0 Å². The summed E-state index contributed by atoms with van der Waals surface area (Å²) in [5.74, 6) is 0.310. The zero-order valence-electron chi connectivity index (χ0n) is 19.7. The van der Waals surface area contributed by atoms with Gasteiger partial charge in [-0.2, -0.15) is 0 Å². The number of ether oxygens (including phenoxy) is 1. The third-order valence-electron chi connectivity index (χ3n) is 7.24. The molecule has 0 unspecified atom stereocenters. The van der Waals surface area contributed by atoms with Gasteiger partial charge in [-0.15, -0.1) is 0 Å². The summed E-state index contributed by atoms with van der Waals surface area (Å²) in [4.78, 5) is 17.8. The molecule has 1 aromatic rings. The molecule has 0 spiro atoms. The lowest BCUT2D eigenvalue weighted by molar-refractivity contribution is -0.143. The number of esters is 1. The second kappa shape index (κ2) is 11.1. The molecule has 0 saturated carbocycles. The van der Waals surface area contributed by atoms with E-state index in [2.05, 4.69) is 72.2 Å². The van der Waals surface area contributed by atoms with Crippen LogP contribution in [0.25, 0.3) is 6.08 Å². The van der Waals surface area contributed by atoms with E-state index in [1.165, 1.54) is 16.7 Å². The molecule has 0 N–H and O–H groups in total. The Kier molecular flexibility index (Phi) is 7.99. The first-order valence-corrected chi connectivity index (χ1v) is 12.3. The van der Waals surface area contributed by atoms with E-state index in [-0.39, 0.29) is 18.0 Å². The van der Waals surface area contributed by atoms with Gasteiger partial charge in [-0.1, -0.05) is 59.7 Å². The van der Waals surface area contributed by atoms with Gasteiger partial charge in [0.05, 0.1) is 5.92 Å². The number of rotatable bonds is 5. The van der Waals surface area contributed by atoms with Crippen LogP contribution in [-0.2, 0) is 9.53 Å². The highest BCUT2D eigenvalue weighted by atomic mass is 16.6. The Bertz CT molecular complexity index is 849. The maximum absolute atomic E-state index is 12.8. The van der Waals surface area contributed by atoms with E-state index < -0.39 is 0 Å². The number of nitrogens with zero attached hydrogens (tertiary/aromatic N) is 2. The Morgan fingerprint density at radius 2 is 1.75 bits per heavy atom. The third kappa shape index (κ3) is 6.20. The number of piperazine rings is 1. The number of allylic oxidation sites excluding steroid dienone is 3. The van der Waals surface area contributed by atoms with E-state index in [0.717, 1.165) is 65.0 Å². The highest BCUT2D eigenvalue weighted by Crippen LogP contribution is 2.36. The second-order valence-corrected chi connectivity index (χ2v) is 9.73. The van der Waals surface area contributed by atoms with Crippen LogP contribution in [0.5, 0.6) is 0 Å². The summed E-state index contributed by atoms with van der Waals surface area (Å²) in [6.45, 7) is 10.4. The van der Waals surface area contributed by atoms with E-state index in [9.17, 15) is 4.79 Å². The summed E-state index contributed by atoms with van der Waals surface area (Å²) in [6.07, 6.45) is 13.3. The van der Waals surface area contributed by atoms with E-state index in [4.69, 9.17) is 4.74 Å². The predicted molar refractivity (Wildman–Crippen MR) is 131 cm³/mol. The summed E-state index contributed by atoms with van der Waals surface area (Å²) in [5, 5.41) is 0. The van der Waals surface area contributed by atoms with Crippen LogP contribution in [-0.4, -0.2) is 61.1 Å². The Balaban J connectivity index is 1.30. The molecule has 0 bridgehead atoms. The minimum Gasteiger partial charge on any atom is -0.458 e. The molecule has 1 aromatic carbocycles. The lowest BCUT2D eigenvalue weighted by atomic mass is 9.83. The highest BCUT2D eigenvalue weighted by Gasteiger charge is 2.44. The van der Waals surface area contributed by atoms with Gasteiger partial charge >= 0.3 is 5.97 Å². The molecular formula is C28H38N2O2. The van der Waals surface area contributed by atoms with Gasteiger partial charge in [0.1, 0.15) is 6.10 Å². The monoisotopic (exact) mass is 434 g/mol. The Labute approximate surface area is 193 Å². The van der Waals surface area contributed by atoms with Crippen molar-refractivity contribution in [3.63, 3.8) is 0 Å². The van der Waals surface area contributed by atoms with E-state index in [1.54, 1.807) is 0 Å². The van der Waals surface area contributed by atoms with Crippen LogP contribution < -0.4 is 0 Å². The SMILES string of the molecule is C/C1=C\[C@H]2OC(=O)[C@@H](CN3CCN(C/C=C/c4ccccc4)CC3)[C@@H]2CC/C(C)=C/CC1. The minimum atomic E-state index is -0.0391. The van der Waals surface area contributed by atoms with Crippen molar-refractivity contribution in [3.05, 3.63) is 65.3 Å². The van der Waals surface area contributed by atoms with E-state index >= 15 is 0 Å². The second-order valence-electron chi connectivity index (χ2n) is 9.73. The average Bonchev–Trinajstić information content (AvgIpc) is 3.07. The van der Waals surface area contributed by atoms with Gasteiger partial charge in [0.15, 0.2) is 0 Å². The van der Waals surface area contributed by atoms with Crippen LogP contribution in [0.4, 0.5) is 0 Å². The number of hydrogen-bond acceptors (Lipinski definition) is 4. The molecule has 172 valence electrons. The zero-order chi connectivity index (χ0) is 22.3. The average molecular weight is 435 g/mol. The topological polar surface area (TPSA) is 32.8 Å². The lowest BCUT2D eigenvalue weighted by Crippen LogP contribution is -2.48. The maximum Gasteiger partial charge on any atom is 0.311 e. The van der Waals surface area contributed by atoms with Crippen molar-refractivity contribution in [3.8, 4) is 0 Å². The van der Waals surface area contributed by atoms with Crippen molar-refractivity contribution >= 4 is 12.0 Å². The fraction of sp³-hybridized carbons (Fsp3) is 0.536. The largest absolute Gasteiger partial charge is 0.458 e. The van der Waals surface area contributed by atoms with Gasteiger partial charge in [0.25, 0.3) is 0 Å². The van der Waals surface area contributed by atoms with Gasteiger partial charge in [-0.25, -0.2) is 0 Å². The third-order valence-corrected chi connectivity index (χ3v) is 7.24. The van der Waals surface area contributed by atoms with Gasteiger partial charge in [0.2, 0.25) is 0 Å². The van der Waals surface area contributed by atoms with Crippen molar-refractivity contribution in [1.29, 1.82) is 0 Å². The van der Waals surface area contributed by atoms with Crippen molar-refractivity contribution in [2.24, 2.45) is 11.8 Å². The molecule has 2 fully saturated rings.